The van der Waals surface area contributed by atoms with Gasteiger partial charge in [-0.05, 0) is 19.1 Å². The van der Waals surface area contributed by atoms with Gasteiger partial charge in [-0.2, -0.15) is 0 Å². The summed E-state index contributed by atoms with van der Waals surface area (Å²) in [7, 11) is 0. The molecule has 0 saturated carbocycles. The van der Waals surface area contributed by atoms with Crippen LogP contribution in [0.15, 0.2) is 24.5 Å². The SMILES string of the molecule is Cc1cnc(-c2cccn2C(=O)CN)[nH]1. The van der Waals surface area contributed by atoms with Gasteiger partial charge in [-0.25, -0.2) is 4.98 Å². The van der Waals surface area contributed by atoms with Crippen molar-refractivity contribution in [2.24, 2.45) is 5.73 Å². The minimum absolute atomic E-state index is 0.0125. The number of nitrogens with one attached hydrogen (secondary N) is 1. The Balaban J connectivity index is 2.45. The van der Waals surface area contributed by atoms with Gasteiger partial charge >= 0.3 is 0 Å². The molecule has 0 aliphatic heterocycles. The third-order valence-corrected chi connectivity index (χ3v) is 2.14. The number of carbonyl (C=O) groups is 1. The highest BCUT2D eigenvalue weighted by atomic mass is 16.2. The highest BCUT2D eigenvalue weighted by Gasteiger charge is 2.11. The van der Waals surface area contributed by atoms with Gasteiger partial charge in [0, 0.05) is 18.1 Å². The van der Waals surface area contributed by atoms with E-state index in [1.165, 1.54) is 4.57 Å². The van der Waals surface area contributed by atoms with E-state index in [0.29, 0.717) is 5.82 Å². The van der Waals surface area contributed by atoms with E-state index >= 15 is 0 Å². The first kappa shape index (κ1) is 9.67. The molecule has 0 aliphatic rings. The first-order chi connectivity index (χ1) is 7.22. The lowest BCUT2D eigenvalue weighted by Crippen LogP contribution is -2.21. The maximum atomic E-state index is 11.5. The molecular formula is C10H12N4O. The van der Waals surface area contributed by atoms with E-state index in [1.54, 1.807) is 18.5 Å². The number of aryl methyl sites for hydroxylation is 1. The van der Waals surface area contributed by atoms with Gasteiger partial charge < -0.3 is 10.7 Å². The standard InChI is InChI=1S/C10H12N4O/c1-7-6-12-10(13-7)8-3-2-4-14(8)9(15)5-11/h2-4,6H,5,11H2,1H3,(H,12,13). The van der Waals surface area contributed by atoms with E-state index in [4.69, 9.17) is 5.73 Å². The number of aromatic amines is 1. The molecule has 0 unspecified atom stereocenters. The molecule has 0 aliphatic carbocycles. The number of aromatic nitrogens is 3. The molecule has 78 valence electrons. The summed E-state index contributed by atoms with van der Waals surface area (Å²) >= 11 is 0. The molecule has 0 spiro atoms. The van der Waals surface area contributed by atoms with Crippen LogP contribution in [0.3, 0.4) is 0 Å². The molecule has 2 aromatic rings. The molecule has 2 heterocycles. The Morgan fingerprint density at radius 1 is 1.67 bits per heavy atom. The number of nitrogens with two attached hydrogens (primary N) is 1. The van der Waals surface area contributed by atoms with Crippen LogP contribution in [0.5, 0.6) is 0 Å². The lowest BCUT2D eigenvalue weighted by molar-refractivity contribution is 0.0925. The van der Waals surface area contributed by atoms with Gasteiger partial charge in [0.15, 0.2) is 5.82 Å². The van der Waals surface area contributed by atoms with Gasteiger partial charge in [0.25, 0.3) is 0 Å². The first-order valence-corrected chi connectivity index (χ1v) is 4.65. The molecule has 0 amide bonds. The summed E-state index contributed by atoms with van der Waals surface area (Å²) in [6.07, 6.45) is 3.40. The molecule has 0 aromatic carbocycles. The number of nitrogens with zero attached hydrogens (tertiary/aromatic N) is 2. The normalized spacial score (nSPS) is 10.5. The minimum Gasteiger partial charge on any atom is -0.341 e. The van der Waals surface area contributed by atoms with Crippen molar-refractivity contribution in [2.75, 3.05) is 6.54 Å². The first-order valence-electron chi connectivity index (χ1n) is 4.65. The van der Waals surface area contributed by atoms with Crippen LogP contribution in [0, 0.1) is 6.92 Å². The van der Waals surface area contributed by atoms with Crippen molar-refractivity contribution in [1.82, 2.24) is 14.5 Å². The summed E-state index contributed by atoms with van der Waals surface area (Å²) < 4.78 is 1.50. The van der Waals surface area contributed by atoms with Gasteiger partial charge in [-0.1, -0.05) is 0 Å². The second-order valence-corrected chi connectivity index (χ2v) is 3.28. The highest BCUT2D eigenvalue weighted by molar-refractivity contribution is 5.84. The minimum atomic E-state index is -0.149. The van der Waals surface area contributed by atoms with E-state index in [0.717, 1.165) is 11.4 Å². The number of imidazole rings is 1. The number of hydrogen-bond acceptors (Lipinski definition) is 3. The van der Waals surface area contributed by atoms with Crippen LogP contribution in [0.2, 0.25) is 0 Å². The molecule has 2 rings (SSSR count). The topological polar surface area (TPSA) is 76.7 Å². The molecule has 0 radical (unpaired) electrons. The smallest absolute Gasteiger partial charge is 0.244 e. The monoisotopic (exact) mass is 204 g/mol. The lowest BCUT2D eigenvalue weighted by Gasteiger charge is -2.03. The second kappa shape index (κ2) is 3.70. The zero-order chi connectivity index (χ0) is 10.8. The van der Waals surface area contributed by atoms with Gasteiger partial charge in [-0.15, -0.1) is 0 Å². The lowest BCUT2D eigenvalue weighted by atomic mass is 10.4. The van der Waals surface area contributed by atoms with Gasteiger partial charge in [0.2, 0.25) is 5.91 Å². The van der Waals surface area contributed by atoms with Crippen LogP contribution in [-0.4, -0.2) is 27.0 Å². The van der Waals surface area contributed by atoms with Crippen molar-refractivity contribution >= 4 is 5.91 Å². The van der Waals surface area contributed by atoms with Crippen LogP contribution < -0.4 is 5.73 Å². The van der Waals surface area contributed by atoms with Crippen molar-refractivity contribution in [1.29, 1.82) is 0 Å². The molecule has 0 saturated heterocycles. The summed E-state index contributed by atoms with van der Waals surface area (Å²) in [4.78, 5) is 18.7. The van der Waals surface area contributed by atoms with E-state index in [2.05, 4.69) is 9.97 Å². The fourth-order valence-electron chi connectivity index (χ4n) is 1.43. The molecule has 0 bridgehead atoms. The number of H-pyrrole nitrogens is 1. The van der Waals surface area contributed by atoms with Crippen molar-refractivity contribution in [3.63, 3.8) is 0 Å². The van der Waals surface area contributed by atoms with Gasteiger partial charge in [0.1, 0.15) is 0 Å². The molecule has 5 nitrogen and oxygen atoms in total. The third-order valence-electron chi connectivity index (χ3n) is 2.14. The van der Waals surface area contributed by atoms with Crippen molar-refractivity contribution in [3.8, 4) is 11.5 Å². The van der Waals surface area contributed by atoms with Gasteiger partial charge in [-0.3, -0.25) is 9.36 Å². The largest absolute Gasteiger partial charge is 0.341 e. The fraction of sp³-hybridized carbons (Fsp3) is 0.200. The fourth-order valence-corrected chi connectivity index (χ4v) is 1.43. The molecule has 5 heteroatoms. The summed E-state index contributed by atoms with van der Waals surface area (Å²) in [5.41, 5.74) is 7.01. The van der Waals surface area contributed by atoms with E-state index in [9.17, 15) is 4.79 Å². The number of hydrogen-bond donors (Lipinski definition) is 2. The van der Waals surface area contributed by atoms with Crippen LogP contribution >= 0.6 is 0 Å². The van der Waals surface area contributed by atoms with Crippen LogP contribution in [0.25, 0.3) is 11.5 Å². The Bertz CT molecular complexity index is 483. The van der Waals surface area contributed by atoms with Gasteiger partial charge in [0.05, 0.1) is 12.2 Å². The van der Waals surface area contributed by atoms with Crippen LogP contribution in [-0.2, 0) is 0 Å². The van der Waals surface area contributed by atoms with Crippen molar-refractivity contribution < 1.29 is 4.79 Å². The van der Waals surface area contributed by atoms with Crippen molar-refractivity contribution in [3.05, 3.63) is 30.2 Å². The second-order valence-electron chi connectivity index (χ2n) is 3.28. The summed E-state index contributed by atoms with van der Waals surface area (Å²) in [6.45, 7) is 1.90. The molecule has 0 fully saturated rings. The van der Waals surface area contributed by atoms with E-state index in [-0.39, 0.29) is 12.5 Å². The van der Waals surface area contributed by atoms with Crippen LogP contribution in [0.1, 0.15) is 10.5 Å². The third kappa shape index (κ3) is 1.69. The average Bonchev–Trinajstić information content (AvgIpc) is 2.84. The highest BCUT2D eigenvalue weighted by Crippen LogP contribution is 2.16. The maximum absolute atomic E-state index is 11.5. The molecule has 3 N–H and O–H groups in total. The quantitative estimate of drug-likeness (QED) is 0.759. The number of rotatable bonds is 2. The summed E-state index contributed by atoms with van der Waals surface area (Å²) in [6, 6.07) is 3.62. The van der Waals surface area contributed by atoms with Crippen LogP contribution in [0.4, 0.5) is 0 Å². The Labute approximate surface area is 86.9 Å². The average molecular weight is 204 g/mol. The number of carbonyl (C=O) groups excluding carboxylic acids is 1. The maximum Gasteiger partial charge on any atom is 0.244 e. The summed E-state index contributed by atoms with van der Waals surface area (Å²) in [5, 5.41) is 0. The Kier molecular flexibility index (Phi) is 2.39. The Morgan fingerprint density at radius 3 is 3.07 bits per heavy atom. The Morgan fingerprint density at radius 2 is 2.47 bits per heavy atom. The molecular weight excluding hydrogens is 192 g/mol. The Hall–Kier alpha value is -1.88. The van der Waals surface area contributed by atoms with E-state index < -0.39 is 0 Å². The van der Waals surface area contributed by atoms with E-state index in [1.807, 2.05) is 13.0 Å². The summed E-state index contributed by atoms with van der Waals surface area (Å²) in [5.74, 6) is 0.531. The van der Waals surface area contributed by atoms with Crippen molar-refractivity contribution in [2.45, 2.75) is 6.92 Å². The molecule has 15 heavy (non-hydrogen) atoms. The zero-order valence-corrected chi connectivity index (χ0v) is 8.40. The predicted octanol–water partition coefficient (Wildman–Crippen LogP) is 0.786. The zero-order valence-electron chi connectivity index (χ0n) is 8.40. The predicted molar refractivity (Wildman–Crippen MR) is 56.4 cm³/mol. The molecule has 2 aromatic heterocycles. The molecule has 0 atom stereocenters.